The molecule has 1 amide bonds. The molecular formula is C23H27FN6O2S. The summed E-state index contributed by atoms with van der Waals surface area (Å²) in [6, 6.07) is 4.57. The highest BCUT2D eigenvalue weighted by Gasteiger charge is 2.24. The predicted octanol–water partition coefficient (Wildman–Crippen LogP) is 3.09. The van der Waals surface area contributed by atoms with Gasteiger partial charge in [-0.25, -0.2) is 13.9 Å². The van der Waals surface area contributed by atoms with Gasteiger partial charge >= 0.3 is 0 Å². The minimum Gasteiger partial charge on any atom is -0.366 e. The second-order valence-corrected chi connectivity index (χ2v) is 8.94. The van der Waals surface area contributed by atoms with Gasteiger partial charge < -0.3 is 9.80 Å². The highest BCUT2D eigenvalue weighted by atomic mass is 32.2. The third-order valence-electron chi connectivity index (χ3n) is 6.13. The van der Waals surface area contributed by atoms with Crippen LogP contribution < -0.4 is 4.90 Å². The smallest absolute Gasteiger partial charge is 0.253 e. The molecule has 2 aromatic heterocycles. The first-order chi connectivity index (χ1) is 15.8. The van der Waals surface area contributed by atoms with E-state index in [0.29, 0.717) is 61.2 Å². The molecule has 1 saturated heterocycles. The first kappa shape index (κ1) is 23.2. The number of nitrogens with zero attached hydrogens (tertiary/aromatic N) is 6. The molecule has 1 fully saturated rings. The first-order valence-electron chi connectivity index (χ1n) is 10.9. The molecule has 0 spiro atoms. The van der Waals surface area contributed by atoms with E-state index in [1.54, 1.807) is 16.6 Å². The zero-order valence-corrected chi connectivity index (χ0v) is 20.1. The van der Waals surface area contributed by atoms with E-state index in [4.69, 9.17) is 0 Å². The van der Waals surface area contributed by atoms with E-state index in [9.17, 15) is 14.0 Å². The molecule has 0 radical (unpaired) electrons. The lowest BCUT2D eigenvalue weighted by Gasteiger charge is -2.36. The number of halogens is 1. The number of carbonyl (C=O) groups excluding carboxylic acids is 2. The van der Waals surface area contributed by atoms with Crippen LogP contribution in [0, 0.1) is 19.7 Å². The number of hydrogen-bond acceptors (Lipinski definition) is 7. The number of rotatable bonds is 6. The summed E-state index contributed by atoms with van der Waals surface area (Å²) >= 11 is 1.47. The van der Waals surface area contributed by atoms with Crippen molar-refractivity contribution in [1.82, 2.24) is 24.5 Å². The zero-order chi connectivity index (χ0) is 23.7. The molecule has 4 rings (SSSR count). The topological polar surface area (TPSA) is 83.7 Å². The molecule has 1 aliphatic heterocycles. The van der Waals surface area contributed by atoms with Crippen LogP contribution in [0.4, 0.5) is 10.1 Å². The van der Waals surface area contributed by atoms with Crippen molar-refractivity contribution in [1.29, 1.82) is 0 Å². The minimum absolute atomic E-state index is 0.0735. The van der Waals surface area contributed by atoms with Crippen LogP contribution in [-0.4, -0.2) is 68.6 Å². The van der Waals surface area contributed by atoms with Gasteiger partial charge in [-0.1, -0.05) is 11.8 Å². The van der Waals surface area contributed by atoms with Gasteiger partial charge in [-0.05, 0) is 57.2 Å². The fourth-order valence-corrected chi connectivity index (χ4v) is 4.54. The van der Waals surface area contributed by atoms with E-state index in [2.05, 4.69) is 15.1 Å². The van der Waals surface area contributed by atoms with Gasteiger partial charge in [0.1, 0.15) is 5.82 Å². The van der Waals surface area contributed by atoms with Crippen molar-refractivity contribution in [3.05, 3.63) is 46.5 Å². The Hall–Kier alpha value is -3.01. The van der Waals surface area contributed by atoms with E-state index < -0.39 is 5.82 Å². The first-order valence-corrected chi connectivity index (χ1v) is 12.1. The van der Waals surface area contributed by atoms with Crippen molar-refractivity contribution < 1.29 is 14.0 Å². The summed E-state index contributed by atoms with van der Waals surface area (Å²) in [4.78, 5) is 37.0. The van der Waals surface area contributed by atoms with Crippen LogP contribution in [-0.2, 0) is 11.2 Å². The van der Waals surface area contributed by atoms with Gasteiger partial charge in [-0.2, -0.15) is 4.98 Å². The molecule has 174 valence electrons. The van der Waals surface area contributed by atoms with Gasteiger partial charge in [0.05, 0.1) is 5.69 Å². The number of carbonyl (C=O) groups is 2. The predicted molar refractivity (Wildman–Crippen MR) is 126 cm³/mol. The quantitative estimate of drug-likeness (QED) is 0.404. The molecule has 3 aromatic rings. The molecule has 1 aliphatic rings. The lowest BCUT2D eigenvalue weighted by molar-refractivity contribution is -0.131. The highest BCUT2D eigenvalue weighted by molar-refractivity contribution is 7.98. The lowest BCUT2D eigenvalue weighted by Crippen LogP contribution is -2.49. The minimum atomic E-state index is -0.408. The third kappa shape index (κ3) is 4.71. The van der Waals surface area contributed by atoms with Crippen molar-refractivity contribution in [2.45, 2.75) is 38.8 Å². The number of fused-ring (bicyclic) bond motifs is 1. The van der Waals surface area contributed by atoms with Crippen molar-refractivity contribution in [3.8, 4) is 0 Å². The van der Waals surface area contributed by atoms with Crippen molar-refractivity contribution >= 4 is 34.9 Å². The normalized spacial score (nSPS) is 14.2. The fraction of sp³-hybridized carbons (Fsp3) is 0.435. The molecule has 0 unspecified atom stereocenters. The highest BCUT2D eigenvalue weighted by Crippen LogP contribution is 2.23. The summed E-state index contributed by atoms with van der Waals surface area (Å²) in [5.74, 6) is 0.0757. The third-order valence-corrected chi connectivity index (χ3v) is 6.67. The van der Waals surface area contributed by atoms with E-state index in [-0.39, 0.29) is 11.7 Å². The molecular weight excluding hydrogens is 443 g/mol. The number of piperazine rings is 1. The Morgan fingerprint density at radius 1 is 1.12 bits per heavy atom. The van der Waals surface area contributed by atoms with Crippen LogP contribution in [0.3, 0.4) is 0 Å². The maximum Gasteiger partial charge on any atom is 0.253 e. The second kappa shape index (κ2) is 9.46. The Balaban J connectivity index is 1.38. The van der Waals surface area contributed by atoms with Gasteiger partial charge in [0.25, 0.3) is 5.78 Å². The summed E-state index contributed by atoms with van der Waals surface area (Å²) < 4.78 is 16.2. The average molecular weight is 471 g/mol. The number of thioether (sulfide) groups is 1. The number of Topliss-reactive ketones (excluding diaryl/α,β-unsaturated/α-hetero) is 1. The fourth-order valence-electron chi connectivity index (χ4n) is 4.21. The van der Waals surface area contributed by atoms with Crippen LogP contribution in [0.5, 0.6) is 0 Å². The summed E-state index contributed by atoms with van der Waals surface area (Å²) in [5, 5.41) is 5.13. The molecule has 1 aromatic carbocycles. The number of benzene rings is 1. The maximum absolute atomic E-state index is 14.5. The standard InChI is InChI=1S/C23H27FN6O2S/c1-14-18(15(2)30-22(25-14)26-23(27-30)33-4)6-8-21(32)29-11-9-28(10-12-29)20-7-5-17(16(3)31)13-19(20)24/h5,7,13H,6,8-12H2,1-4H3. The van der Waals surface area contributed by atoms with Gasteiger partial charge in [-0.15, -0.1) is 5.10 Å². The summed E-state index contributed by atoms with van der Waals surface area (Å²) in [6.45, 7) is 7.48. The van der Waals surface area contributed by atoms with Crippen LogP contribution in [0.25, 0.3) is 5.78 Å². The molecule has 33 heavy (non-hydrogen) atoms. The molecule has 0 N–H and O–H groups in total. The Morgan fingerprint density at radius 3 is 2.48 bits per heavy atom. The molecule has 0 atom stereocenters. The Kier molecular flexibility index (Phi) is 6.64. The van der Waals surface area contributed by atoms with Crippen LogP contribution in [0.1, 0.15) is 40.7 Å². The van der Waals surface area contributed by atoms with Gasteiger partial charge in [0, 0.05) is 49.6 Å². The van der Waals surface area contributed by atoms with Crippen LogP contribution in [0.15, 0.2) is 23.4 Å². The van der Waals surface area contributed by atoms with Gasteiger partial charge in [0.2, 0.25) is 11.1 Å². The van der Waals surface area contributed by atoms with E-state index >= 15 is 0 Å². The Labute approximate surface area is 196 Å². The summed E-state index contributed by atoms with van der Waals surface area (Å²) in [5.41, 5.74) is 3.66. The Morgan fingerprint density at radius 2 is 1.85 bits per heavy atom. The molecule has 0 bridgehead atoms. The number of amides is 1. The molecule has 0 saturated carbocycles. The summed E-state index contributed by atoms with van der Waals surface area (Å²) in [6.07, 6.45) is 2.88. The largest absolute Gasteiger partial charge is 0.366 e. The van der Waals surface area contributed by atoms with E-state index in [1.165, 1.54) is 24.8 Å². The molecule has 10 heteroatoms. The van der Waals surface area contributed by atoms with Crippen molar-refractivity contribution in [2.75, 3.05) is 37.3 Å². The summed E-state index contributed by atoms with van der Waals surface area (Å²) in [7, 11) is 0. The SMILES string of the molecule is CSc1nc2nc(C)c(CCC(=O)N3CCN(c4ccc(C(C)=O)cc4F)CC3)c(C)n2n1. The Bertz CT molecular complexity index is 1220. The van der Waals surface area contributed by atoms with Crippen LogP contribution in [0.2, 0.25) is 0 Å². The number of aromatic nitrogens is 4. The number of hydrogen-bond donors (Lipinski definition) is 0. The van der Waals surface area contributed by atoms with Gasteiger partial charge in [0.15, 0.2) is 5.78 Å². The molecule has 0 aliphatic carbocycles. The van der Waals surface area contributed by atoms with Crippen molar-refractivity contribution in [3.63, 3.8) is 0 Å². The number of aryl methyl sites for hydroxylation is 2. The lowest BCUT2D eigenvalue weighted by atomic mass is 10.1. The average Bonchev–Trinajstić information content (AvgIpc) is 3.22. The second-order valence-electron chi connectivity index (χ2n) is 8.16. The number of anilines is 1. The van der Waals surface area contributed by atoms with E-state index in [0.717, 1.165) is 17.0 Å². The zero-order valence-electron chi connectivity index (χ0n) is 19.3. The number of ketones is 1. The molecule has 8 nitrogen and oxygen atoms in total. The maximum atomic E-state index is 14.5. The monoisotopic (exact) mass is 470 g/mol. The molecule has 3 heterocycles. The van der Waals surface area contributed by atoms with Gasteiger partial charge in [-0.3, -0.25) is 9.59 Å². The van der Waals surface area contributed by atoms with E-state index in [1.807, 2.05) is 29.9 Å². The van der Waals surface area contributed by atoms with Crippen molar-refractivity contribution in [2.24, 2.45) is 0 Å². The van der Waals surface area contributed by atoms with Crippen LogP contribution >= 0.6 is 11.8 Å².